The van der Waals surface area contributed by atoms with E-state index in [-0.39, 0.29) is 0 Å². The third-order valence-electron chi connectivity index (χ3n) is 1.95. The molecule has 66 valence electrons. The van der Waals surface area contributed by atoms with Crippen LogP contribution >= 0.6 is 0 Å². The summed E-state index contributed by atoms with van der Waals surface area (Å²) in [4.78, 5) is 3.93. The Hall–Kier alpha value is -1.84. The average Bonchev–Trinajstić information content (AvgIpc) is 2.52. The van der Waals surface area contributed by atoms with Crippen molar-refractivity contribution >= 4 is 5.69 Å². The normalized spacial score (nSPS) is 10.2. The molecule has 0 unspecified atom stereocenters. The number of anilines is 1. The predicted molar refractivity (Wildman–Crippen MR) is 50.9 cm³/mol. The highest BCUT2D eigenvalue weighted by Gasteiger charge is 2.04. The number of pyridine rings is 1. The fraction of sp³-hybridized carbons (Fsp3) is 0.111. The van der Waals surface area contributed by atoms with Crippen LogP contribution in [0.25, 0.3) is 11.3 Å². The van der Waals surface area contributed by atoms with Gasteiger partial charge in [0.2, 0.25) is 0 Å². The molecule has 0 saturated heterocycles. The fourth-order valence-electron chi connectivity index (χ4n) is 1.28. The van der Waals surface area contributed by atoms with Gasteiger partial charge >= 0.3 is 0 Å². The molecule has 13 heavy (non-hydrogen) atoms. The van der Waals surface area contributed by atoms with E-state index in [1.807, 2.05) is 19.2 Å². The Balaban J connectivity index is 2.59. The molecule has 0 aromatic carbocycles. The van der Waals surface area contributed by atoms with Crippen molar-refractivity contribution < 1.29 is 0 Å². The Kier molecular flexibility index (Phi) is 1.73. The number of nitrogens with zero attached hydrogens (tertiary/aromatic N) is 3. The van der Waals surface area contributed by atoms with E-state index in [4.69, 9.17) is 5.73 Å². The van der Waals surface area contributed by atoms with Gasteiger partial charge in [-0.15, -0.1) is 0 Å². The summed E-state index contributed by atoms with van der Waals surface area (Å²) < 4.78 is 1.78. The molecule has 2 aromatic heterocycles. The molecule has 4 nitrogen and oxygen atoms in total. The zero-order valence-electron chi connectivity index (χ0n) is 7.31. The summed E-state index contributed by atoms with van der Waals surface area (Å²) in [6, 6.07) is 3.80. The largest absolute Gasteiger partial charge is 0.397 e. The number of aromatic nitrogens is 3. The zero-order chi connectivity index (χ0) is 9.26. The van der Waals surface area contributed by atoms with Crippen molar-refractivity contribution in [2.45, 2.75) is 0 Å². The van der Waals surface area contributed by atoms with Crippen molar-refractivity contribution in [3.05, 3.63) is 30.7 Å². The van der Waals surface area contributed by atoms with E-state index in [0.717, 1.165) is 11.3 Å². The lowest BCUT2D eigenvalue weighted by atomic mass is 10.2. The smallest absolute Gasteiger partial charge is 0.0700 e. The molecule has 2 N–H and O–H groups in total. The molecule has 0 atom stereocenters. The van der Waals surface area contributed by atoms with Crippen molar-refractivity contribution in [2.24, 2.45) is 7.05 Å². The highest BCUT2D eigenvalue weighted by Crippen LogP contribution is 2.22. The van der Waals surface area contributed by atoms with Crippen molar-refractivity contribution in [3.8, 4) is 11.3 Å². The first kappa shape index (κ1) is 7.79. The van der Waals surface area contributed by atoms with Gasteiger partial charge in [0.05, 0.1) is 17.6 Å². The minimum atomic E-state index is 0.672. The average molecular weight is 174 g/mol. The van der Waals surface area contributed by atoms with Gasteiger partial charge in [-0.25, -0.2) is 0 Å². The molecule has 0 fully saturated rings. The molecular weight excluding hydrogens is 164 g/mol. The quantitative estimate of drug-likeness (QED) is 0.703. The van der Waals surface area contributed by atoms with E-state index < -0.39 is 0 Å². The van der Waals surface area contributed by atoms with Gasteiger partial charge < -0.3 is 5.73 Å². The van der Waals surface area contributed by atoms with Crippen LogP contribution in [0.4, 0.5) is 5.69 Å². The molecule has 0 aliphatic carbocycles. The van der Waals surface area contributed by atoms with Crippen LogP contribution in [-0.2, 0) is 7.05 Å². The SMILES string of the molecule is Cn1nccc1-c1ccncc1N. The highest BCUT2D eigenvalue weighted by molar-refractivity contribution is 5.72. The Bertz CT molecular complexity index is 419. The summed E-state index contributed by atoms with van der Waals surface area (Å²) in [5.74, 6) is 0. The van der Waals surface area contributed by atoms with Crippen LogP contribution in [0.5, 0.6) is 0 Å². The summed E-state index contributed by atoms with van der Waals surface area (Å²) >= 11 is 0. The first-order valence-electron chi connectivity index (χ1n) is 3.97. The van der Waals surface area contributed by atoms with Gasteiger partial charge in [0.15, 0.2) is 0 Å². The number of hydrogen-bond donors (Lipinski definition) is 1. The van der Waals surface area contributed by atoms with E-state index >= 15 is 0 Å². The Morgan fingerprint density at radius 1 is 1.31 bits per heavy atom. The van der Waals surface area contributed by atoms with Gasteiger partial charge in [0, 0.05) is 25.0 Å². The second kappa shape index (κ2) is 2.90. The minimum Gasteiger partial charge on any atom is -0.397 e. The fourth-order valence-corrected chi connectivity index (χ4v) is 1.28. The van der Waals surface area contributed by atoms with Crippen LogP contribution in [0, 0.1) is 0 Å². The van der Waals surface area contributed by atoms with E-state index in [2.05, 4.69) is 10.1 Å². The minimum absolute atomic E-state index is 0.672. The number of aryl methyl sites for hydroxylation is 1. The molecule has 0 radical (unpaired) electrons. The molecule has 2 rings (SSSR count). The van der Waals surface area contributed by atoms with Crippen LogP contribution in [0.2, 0.25) is 0 Å². The molecule has 0 spiro atoms. The van der Waals surface area contributed by atoms with Crippen molar-refractivity contribution in [2.75, 3.05) is 5.73 Å². The second-order valence-electron chi connectivity index (χ2n) is 2.80. The maximum atomic E-state index is 5.78. The Labute approximate surface area is 76.0 Å². The van der Waals surface area contributed by atoms with Crippen LogP contribution in [-0.4, -0.2) is 14.8 Å². The number of rotatable bonds is 1. The molecule has 0 bridgehead atoms. The zero-order valence-corrected chi connectivity index (χ0v) is 7.31. The first-order valence-corrected chi connectivity index (χ1v) is 3.97. The van der Waals surface area contributed by atoms with Crippen molar-refractivity contribution in [1.82, 2.24) is 14.8 Å². The van der Waals surface area contributed by atoms with Gasteiger partial charge in [-0.2, -0.15) is 5.10 Å². The summed E-state index contributed by atoms with van der Waals surface area (Å²) in [7, 11) is 1.88. The summed E-state index contributed by atoms with van der Waals surface area (Å²) in [5.41, 5.74) is 8.42. The van der Waals surface area contributed by atoms with Gasteiger partial charge in [-0.05, 0) is 12.1 Å². The molecule has 0 amide bonds. The molecule has 2 heterocycles. The monoisotopic (exact) mass is 174 g/mol. The highest BCUT2D eigenvalue weighted by atomic mass is 15.3. The van der Waals surface area contributed by atoms with Crippen LogP contribution in [0.15, 0.2) is 30.7 Å². The van der Waals surface area contributed by atoms with Crippen LogP contribution in [0.3, 0.4) is 0 Å². The maximum absolute atomic E-state index is 5.78. The van der Waals surface area contributed by atoms with E-state index in [9.17, 15) is 0 Å². The lowest BCUT2D eigenvalue weighted by Gasteiger charge is -2.04. The molecule has 0 aliphatic rings. The summed E-state index contributed by atoms with van der Waals surface area (Å²) in [6.45, 7) is 0. The van der Waals surface area contributed by atoms with E-state index in [1.165, 1.54) is 0 Å². The molecule has 4 heteroatoms. The van der Waals surface area contributed by atoms with Crippen LogP contribution in [0.1, 0.15) is 0 Å². The predicted octanol–water partition coefficient (Wildman–Crippen LogP) is 1.06. The third kappa shape index (κ3) is 1.26. The molecule has 0 aliphatic heterocycles. The van der Waals surface area contributed by atoms with Crippen LogP contribution < -0.4 is 5.73 Å². The van der Waals surface area contributed by atoms with Gasteiger partial charge in [-0.3, -0.25) is 9.67 Å². The number of nitrogen functional groups attached to an aromatic ring is 1. The standard InChI is InChI=1S/C9H10N4/c1-13-9(3-5-12-13)7-2-4-11-6-8(7)10/h2-6H,10H2,1H3. The number of nitrogens with two attached hydrogens (primary N) is 1. The summed E-state index contributed by atoms with van der Waals surface area (Å²) in [6.07, 6.45) is 5.11. The van der Waals surface area contributed by atoms with Crippen molar-refractivity contribution in [1.29, 1.82) is 0 Å². The van der Waals surface area contributed by atoms with Crippen molar-refractivity contribution in [3.63, 3.8) is 0 Å². The Morgan fingerprint density at radius 3 is 2.77 bits per heavy atom. The number of hydrogen-bond acceptors (Lipinski definition) is 3. The molecule has 2 aromatic rings. The lowest BCUT2D eigenvalue weighted by Crippen LogP contribution is -1.97. The summed E-state index contributed by atoms with van der Waals surface area (Å²) in [5, 5.41) is 4.07. The van der Waals surface area contributed by atoms with Gasteiger partial charge in [-0.1, -0.05) is 0 Å². The first-order chi connectivity index (χ1) is 6.29. The van der Waals surface area contributed by atoms with E-state index in [1.54, 1.807) is 23.3 Å². The lowest BCUT2D eigenvalue weighted by molar-refractivity contribution is 0.776. The van der Waals surface area contributed by atoms with Gasteiger partial charge in [0.1, 0.15) is 0 Å². The third-order valence-corrected chi connectivity index (χ3v) is 1.95. The molecular formula is C9H10N4. The molecule has 0 saturated carbocycles. The topological polar surface area (TPSA) is 56.7 Å². The Morgan fingerprint density at radius 2 is 2.15 bits per heavy atom. The van der Waals surface area contributed by atoms with E-state index in [0.29, 0.717) is 5.69 Å². The van der Waals surface area contributed by atoms with Gasteiger partial charge in [0.25, 0.3) is 0 Å². The second-order valence-corrected chi connectivity index (χ2v) is 2.80. The maximum Gasteiger partial charge on any atom is 0.0700 e.